The first-order chi connectivity index (χ1) is 20.9. The molecule has 1 saturated carbocycles. The monoisotopic (exact) mass is 612 g/mol. The Morgan fingerprint density at radius 3 is 2.56 bits per heavy atom. The number of thiazole rings is 1. The standard InChI is InChI=1S/C34H41N6OPS/c1-21-23(11-7-12-24(21)34-37-28-18-38(2)20-30(28)43-34)25-13-8-14-26(31(25)42)36-33(41)32-35-27-19-40(16-15-29(27)39(32)3)17-22-9-5-4-6-10-22/h7-8,11-14,22H,4-6,9-10,15-20,42H2,1-3H3,(H,36,41). The van der Waals surface area contributed by atoms with Crippen molar-refractivity contribution in [2.75, 3.05) is 25.5 Å². The first kappa shape index (κ1) is 28.8. The molecule has 7 nitrogen and oxygen atoms in total. The molecule has 7 rings (SSSR count). The van der Waals surface area contributed by atoms with Crippen molar-refractivity contribution in [3.05, 3.63) is 69.7 Å². The van der Waals surface area contributed by atoms with E-state index in [4.69, 9.17) is 9.97 Å². The van der Waals surface area contributed by atoms with Crippen LogP contribution in [0.1, 0.15) is 70.2 Å². The quantitative estimate of drug-likeness (QED) is 0.265. The molecule has 0 radical (unpaired) electrons. The van der Waals surface area contributed by atoms with Gasteiger partial charge in [-0.25, -0.2) is 9.97 Å². The number of hydrogen-bond acceptors (Lipinski definition) is 6. The van der Waals surface area contributed by atoms with E-state index in [1.54, 1.807) is 11.3 Å². The molecule has 0 saturated heterocycles. The van der Waals surface area contributed by atoms with Gasteiger partial charge in [0.2, 0.25) is 0 Å². The molecule has 2 aliphatic heterocycles. The number of rotatable bonds is 6. The second-order valence-electron chi connectivity index (χ2n) is 12.6. The van der Waals surface area contributed by atoms with Crippen LogP contribution in [0.25, 0.3) is 21.7 Å². The van der Waals surface area contributed by atoms with Gasteiger partial charge in [-0.2, -0.15) is 0 Å². The molecule has 1 N–H and O–H groups in total. The summed E-state index contributed by atoms with van der Waals surface area (Å²) in [6, 6.07) is 12.6. The molecule has 2 aromatic carbocycles. The second-order valence-corrected chi connectivity index (χ2v) is 14.3. The van der Waals surface area contributed by atoms with Crippen LogP contribution in [-0.2, 0) is 33.1 Å². The van der Waals surface area contributed by atoms with Crippen LogP contribution >= 0.6 is 20.6 Å². The molecule has 4 heterocycles. The van der Waals surface area contributed by atoms with Crippen LogP contribution in [0.5, 0.6) is 0 Å². The third-order valence-corrected chi connectivity index (χ3v) is 11.3. The third-order valence-electron chi connectivity index (χ3n) is 9.60. The minimum Gasteiger partial charge on any atom is -0.327 e. The maximum absolute atomic E-state index is 13.6. The smallest absolute Gasteiger partial charge is 0.291 e. The van der Waals surface area contributed by atoms with Crippen LogP contribution in [0.3, 0.4) is 0 Å². The molecular formula is C34H41N6OPS. The predicted molar refractivity (Wildman–Crippen MR) is 179 cm³/mol. The Morgan fingerprint density at radius 2 is 1.74 bits per heavy atom. The van der Waals surface area contributed by atoms with Gasteiger partial charge in [0.25, 0.3) is 5.91 Å². The van der Waals surface area contributed by atoms with Crippen LogP contribution in [0, 0.1) is 12.8 Å². The minimum absolute atomic E-state index is 0.163. The lowest BCUT2D eigenvalue weighted by Gasteiger charge is -2.32. The fraction of sp³-hybridized carbons (Fsp3) is 0.441. The van der Waals surface area contributed by atoms with Gasteiger partial charge in [0, 0.05) is 73.3 Å². The van der Waals surface area contributed by atoms with Crippen molar-refractivity contribution in [2.24, 2.45) is 13.0 Å². The van der Waals surface area contributed by atoms with Crippen molar-refractivity contribution in [3.8, 4) is 21.7 Å². The van der Waals surface area contributed by atoms with E-state index in [1.807, 2.05) is 23.7 Å². The van der Waals surface area contributed by atoms with Crippen molar-refractivity contribution in [1.29, 1.82) is 0 Å². The normalized spacial score (nSPS) is 17.7. The highest BCUT2D eigenvalue weighted by Gasteiger charge is 2.28. The zero-order valence-electron chi connectivity index (χ0n) is 25.4. The summed E-state index contributed by atoms with van der Waals surface area (Å²) in [5.74, 6) is 1.13. The zero-order valence-corrected chi connectivity index (χ0v) is 27.4. The van der Waals surface area contributed by atoms with E-state index >= 15 is 0 Å². The van der Waals surface area contributed by atoms with E-state index in [9.17, 15) is 4.79 Å². The van der Waals surface area contributed by atoms with Crippen molar-refractivity contribution in [2.45, 2.75) is 65.1 Å². The van der Waals surface area contributed by atoms with Crippen molar-refractivity contribution in [1.82, 2.24) is 24.3 Å². The summed E-state index contributed by atoms with van der Waals surface area (Å²) in [6.07, 6.45) is 7.77. The van der Waals surface area contributed by atoms with E-state index in [0.29, 0.717) is 5.82 Å². The Balaban J connectivity index is 1.10. The molecule has 9 heteroatoms. The van der Waals surface area contributed by atoms with Gasteiger partial charge in [-0.3, -0.25) is 14.6 Å². The summed E-state index contributed by atoms with van der Waals surface area (Å²) in [6.45, 7) is 7.10. The summed E-state index contributed by atoms with van der Waals surface area (Å²) >= 11 is 1.80. The molecule has 1 aliphatic carbocycles. The molecule has 1 unspecified atom stereocenters. The highest BCUT2D eigenvalue weighted by Crippen LogP contribution is 2.38. The Hall–Kier alpha value is -2.90. The first-order valence-corrected chi connectivity index (χ1v) is 17.0. The highest BCUT2D eigenvalue weighted by molar-refractivity contribution is 7.28. The number of imidazole rings is 1. The number of fused-ring (bicyclic) bond motifs is 2. The molecule has 3 aliphatic rings. The van der Waals surface area contributed by atoms with E-state index in [0.717, 1.165) is 77.9 Å². The molecular weight excluding hydrogens is 571 g/mol. The molecule has 224 valence electrons. The lowest BCUT2D eigenvalue weighted by Crippen LogP contribution is -2.35. The Labute approximate surface area is 260 Å². The Morgan fingerprint density at radius 1 is 0.977 bits per heavy atom. The number of nitrogens with zero attached hydrogens (tertiary/aromatic N) is 5. The number of aromatic nitrogens is 3. The largest absolute Gasteiger partial charge is 0.327 e. The lowest BCUT2D eigenvalue weighted by atomic mass is 9.88. The molecule has 4 aromatic rings. The second kappa shape index (κ2) is 11.9. The van der Waals surface area contributed by atoms with Crippen molar-refractivity contribution < 1.29 is 4.79 Å². The minimum atomic E-state index is -0.163. The van der Waals surface area contributed by atoms with Crippen LogP contribution in [0.15, 0.2) is 36.4 Å². The Kier molecular flexibility index (Phi) is 7.97. The van der Waals surface area contributed by atoms with Gasteiger partial charge < -0.3 is 9.88 Å². The number of benzene rings is 2. The molecule has 1 atom stereocenters. The molecule has 0 bridgehead atoms. The highest BCUT2D eigenvalue weighted by atomic mass is 32.1. The summed E-state index contributed by atoms with van der Waals surface area (Å²) in [5, 5.41) is 5.24. The van der Waals surface area contributed by atoms with E-state index < -0.39 is 0 Å². The number of amides is 1. The van der Waals surface area contributed by atoms with E-state index in [1.165, 1.54) is 59.5 Å². The Bertz CT molecular complexity index is 1660. The maximum Gasteiger partial charge on any atom is 0.291 e. The average Bonchev–Trinajstić information content (AvgIpc) is 3.65. The topological polar surface area (TPSA) is 66.3 Å². The van der Waals surface area contributed by atoms with Gasteiger partial charge in [-0.05, 0) is 55.5 Å². The number of hydrogen-bond donors (Lipinski definition) is 1. The summed E-state index contributed by atoms with van der Waals surface area (Å²) < 4.78 is 2.01. The average molecular weight is 613 g/mol. The summed E-state index contributed by atoms with van der Waals surface area (Å²) in [4.78, 5) is 29.7. The van der Waals surface area contributed by atoms with Gasteiger partial charge in [0.05, 0.1) is 11.4 Å². The maximum atomic E-state index is 13.6. The molecule has 43 heavy (non-hydrogen) atoms. The zero-order chi connectivity index (χ0) is 29.7. The number of nitrogens with one attached hydrogen (secondary N) is 1. The van der Waals surface area contributed by atoms with Crippen molar-refractivity contribution >= 4 is 37.5 Å². The van der Waals surface area contributed by atoms with Gasteiger partial charge in [-0.1, -0.05) is 49.6 Å². The third kappa shape index (κ3) is 5.59. The van der Waals surface area contributed by atoms with Gasteiger partial charge in [-0.15, -0.1) is 20.6 Å². The lowest BCUT2D eigenvalue weighted by molar-refractivity contribution is 0.101. The van der Waals surface area contributed by atoms with Crippen LogP contribution < -0.4 is 10.6 Å². The van der Waals surface area contributed by atoms with Crippen molar-refractivity contribution in [3.63, 3.8) is 0 Å². The first-order valence-electron chi connectivity index (χ1n) is 15.6. The van der Waals surface area contributed by atoms with Crippen LogP contribution in [-0.4, -0.2) is 50.4 Å². The summed E-state index contributed by atoms with van der Waals surface area (Å²) in [5.41, 5.74) is 8.85. The summed E-state index contributed by atoms with van der Waals surface area (Å²) in [7, 11) is 6.99. The van der Waals surface area contributed by atoms with E-state index in [2.05, 4.69) is 62.6 Å². The fourth-order valence-electron chi connectivity index (χ4n) is 7.22. The molecule has 1 amide bonds. The van der Waals surface area contributed by atoms with Crippen LogP contribution in [0.2, 0.25) is 0 Å². The van der Waals surface area contributed by atoms with Gasteiger partial charge in [0.1, 0.15) is 5.01 Å². The number of anilines is 1. The van der Waals surface area contributed by atoms with Gasteiger partial charge in [0.15, 0.2) is 5.82 Å². The predicted octanol–water partition coefficient (Wildman–Crippen LogP) is 6.16. The van der Waals surface area contributed by atoms with Crippen LogP contribution in [0.4, 0.5) is 5.69 Å². The molecule has 0 spiro atoms. The molecule has 2 aromatic heterocycles. The number of carbonyl (C=O) groups excluding carboxylic acids is 1. The number of carbonyl (C=O) groups is 1. The molecule has 1 fully saturated rings. The van der Waals surface area contributed by atoms with Gasteiger partial charge >= 0.3 is 0 Å². The SMILES string of the molecule is Cc1c(-c2nc3c(s2)CN(C)C3)cccc1-c1cccc(NC(=O)c2nc3c(n2C)CCN(CC2CCCCC2)C3)c1P. The fourth-order valence-corrected chi connectivity index (χ4v) is 8.88. The van der Waals surface area contributed by atoms with E-state index in [-0.39, 0.29) is 5.91 Å².